The Morgan fingerprint density at radius 1 is 1.00 bits per heavy atom. The molecule has 0 amide bonds. The lowest BCUT2D eigenvalue weighted by atomic mass is 9.88. The number of hydrogen-bond donors (Lipinski definition) is 9. The predicted octanol–water partition coefficient (Wildman–Crippen LogP) is -5.84. The van der Waals surface area contributed by atoms with Gasteiger partial charge in [-0.15, -0.1) is 0 Å². The van der Waals surface area contributed by atoms with Crippen LogP contribution in [0.2, 0.25) is 0 Å². The van der Waals surface area contributed by atoms with E-state index in [9.17, 15) is 0 Å². The second-order valence-electron chi connectivity index (χ2n) is 3.85. The highest BCUT2D eigenvalue weighted by Gasteiger charge is 2.64. The van der Waals surface area contributed by atoms with E-state index < -0.39 is 22.2 Å². The van der Waals surface area contributed by atoms with Gasteiger partial charge in [0.2, 0.25) is 0 Å². The van der Waals surface area contributed by atoms with Crippen molar-refractivity contribution in [3.05, 3.63) is 11.5 Å². The highest BCUT2D eigenvalue weighted by molar-refractivity contribution is 5.23. The summed E-state index contributed by atoms with van der Waals surface area (Å²) >= 11 is 0. The number of nitrogens with two attached hydrogens (primary N) is 9. The summed E-state index contributed by atoms with van der Waals surface area (Å²) in [4.78, 5) is 0. The van der Waals surface area contributed by atoms with Gasteiger partial charge in [-0.05, 0) is 0 Å². The molecule has 88 valence electrons. The van der Waals surface area contributed by atoms with E-state index in [4.69, 9.17) is 51.8 Å². The Balaban J connectivity index is 3.49. The van der Waals surface area contributed by atoms with Gasteiger partial charge in [-0.3, -0.25) is 11.5 Å². The van der Waals surface area contributed by atoms with Gasteiger partial charge in [-0.2, -0.15) is 11.7 Å². The van der Waals surface area contributed by atoms with Crippen LogP contribution in [0, 0.1) is 0 Å². The van der Waals surface area contributed by atoms with Gasteiger partial charge in [0.15, 0.2) is 5.66 Å². The van der Waals surface area contributed by atoms with Crippen LogP contribution in [-0.4, -0.2) is 22.2 Å². The van der Waals surface area contributed by atoms with E-state index in [0.717, 1.165) is 0 Å². The maximum absolute atomic E-state index is 5.68. The second-order valence-corrected chi connectivity index (χ2v) is 3.85. The highest BCUT2D eigenvalue weighted by Crippen LogP contribution is 2.27. The van der Waals surface area contributed by atoms with Crippen molar-refractivity contribution in [2.45, 2.75) is 17.5 Å². The monoisotopic (exact) mass is 219 g/mol. The Labute approximate surface area is 86.5 Å². The van der Waals surface area contributed by atoms with Gasteiger partial charge in [-0.1, -0.05) is 4.70 Å². The summed E-state index contributed by atoms with van der Waals surface area (Å²) in [6, 6.07) is -1.04. The molecule has 18 N–H and O–H groups in total. The van der Waals surface area contributed by atoms with Crippen molar-refractivity contribution in [3.63, 3.8) is 0 Å². The van der Waals surface area contributed by atoms with E-state index >= 15 is 0 Å². The highest BCUT2D eigenvalue weighted by atomic mass is 15.9. The van der Waals surface area contributed by atoms with E-state index in [-0.39, 0.29) is 11.5 Å². The van der Waals surface area contributed by atoms with Crippen molar-refractivity contribution >= 4 is 0 Å². The van der Waals surface area contributed by atoms with E-state index in [1.807, 2.05) is 0 Å². The Morgan fingerprint density at radius 3 is 1.80 bits per heavy atom. The largest absolute Gasteiger partial charge is 0.394 e. The summed E-state index contributed by atoms with van der Waals surface area (Å²) < 4.78 is -1.11. The van der Waals surface area contributed by atoms with Crippen molar-refractivity contribution in [1.82, 2.24) is 0 Å². The molecule has 1 atom stereocenters. The van der Waals surface area contributed by atoms with E-state index in [0.29, 0.717) is 0 Å². The molecular formula is C5H19N10+. The molecule has 1 aliphatic heterocycles. The standard InChI is InChI=1S/C5H19N10/c6-1-2(7)4(9,10)5(11,12)15(13,14)3(1)8/h2H,6-14H2/q+1. The molecule has 1 aliphatic rings. The predicted molar refractivity (Wildman–Crippen MR) is 54.2 cm³/mol. The van der Waals surface area contributed by atoms with Crippen LogP contribution in [0.1, 0.15) is 0 Å². The summed E-state index contributed by atoms with van der Waals surface area (Å²) in [5, 5.41) is 0. The number of rotatable bonds is 0. The zero-order valence-electron chi connectivity index (χ0n) is 8.22. The van der Waals surface area contributed by atoms with Crippen LogP contribution >= 0.6 is 0 Å². The molecule has 10 heteroatoms. The second kappa shape index (κ2) is 2.78. The summed E-state index contributed by atoms with van der Waals surface area (Å²) in [5.41, 5.74) is 37.7. The lowest BCUT2D eigenvalue weighted by Crippen LogP contribution is -2.98. The molecule has 0 saturated heterocycles. The third kappa shape index (κ3) is 1.15. The summed E-state index contributed by atoms with van der Waals surface area (Å²) in [6.45, 7) is 0. The van der Waals surface area contributed by atoms with Gasteiger partial charge in [-0.25, -0.2) is 0 Å². The van der Waals surface area contributed by atoms with Crippen molar-refractivity contribution < 1.29 is 4.70 Å². The van der Waals surface area contributed by atoms with Crippen LogP contribution in [0.25, 0.3) is 0 Å². The maximum Gasteiger partial charge on any atom is 0.281 e. The minimum Gasteiger partial charge on any atom is -0.394 e. The summed E-state index contributed by atoms with van der Waals surface area (Å²) in [6.07, 6.45) is 0. The van der Waals surface area contributed by atoms with Crippen LogP contribution in [0.15, 0.2) is 11.5 Å². The van der Waals surface area contributed by atoms with Gasteiger partial charge < -0.3 is 28.7 Å². The Bertz CT molecular complexity index is 314. The van der Waals surface area contributed by atoms with Gasteiger partial charge in [0.25, 0.3) is 11.6 Å². The van der Waals surface area contributed by atoms with Gasteiger partial charge in [0.1, 0.15) is 5.70 Å². The molecule has 0 spiro atoms. The fourth-order valence-corrected chi connectivity index (χ4v) is 1.40. The molecule has 1 rings (SSSR count). The van der Waals surface area contributed by atoms with Crippen molar-refractivity contribution in [3.8, 4) is 0 Å². The number of nitrogens with zero attached hydrogens (tertiary/aromatic N) is 1. The molecule has 1 unspecified atom stereocenters. The molecule has 0 radical (unpaired) electrons. The molecule has 0 aromatic rings. The lowest BCUT2D eigenvalue weighted by Gasteiger charge is -2.52. The molecule has 0 bridgehead atoms. The fraction of sp³-hybridized carbons (Fsp3) is 0.600. The molecule has 15 heavy (non-hydrogen) atoms. The molecule has 0 aromatic carbocycles. The molecule has 1 heterocycles. The van der Waals surface area contributed by atoms with E-state index in [1.165, 1.54) is 0 Å². The number of hydrogen-bond acceptors (Lipinski definition) is 9. The minimum atomic E-state index is -1.95. The Kier molecular flexibility index (Phi) is 2.24. The van der Waals surface area contributed by atoms with Gasteiger partial charge >= 0.3 is 0 Å². The normalized spacial score (nSPS) is 32.9. The molecule has 10 nitrogen and oxygen atoms in total. The van der Waals surface area contributed by atoms with Gasteiger partial charge in [0.05, 0.1) is 6.04 Å². The van der Waals surface area contributed by atoms with Crippen LogP contribution in [0.4, 0.5) is 0 Å². The topological polar surface area (TPSA) is 234 Å². The van der Waals surface area contributed by atoms with Crippen molar-refractivity contribution in [2.75, 3.05) is 0 Å². The third-order valence-corrected chi connectivity index (χ3v) is 2.85. The quantitative estimate of drug-likeness (QED) is 0.107. The maximum atomic E-state index is 5.68. The smallest absolute Gasteiger partial charge is 0.281 e. The Morgan fingerprint density at radius 2 is 1.40 bits per heavy atom. The summed E-state index contributed by atoms with van der Waals surface area (Å²) in [5.74, 6) is 9.12. The first-order valence-corrected chi connectivity index (χ1v) is 4.11. The van der Waals surface area contributed by atoms with Crippen LogP contribution in [0.5, 0.6) is 0 Å². The van der Waals surface area contributed by atoms with Crippen LogP contribution in [0.3, 0.4) is 0 Å². The average molecular weight is 219 g/mol. The van der Waals surface area contributed by atoms with E-state index in [2.05, 4.69) is 0 Å². The fourth-order valence-electron chi connectivity index (χ4n) is 1.40. The molecule has 0 fully saturated rings. The lowest BCUT2D eigenvalue weighted by molar-refractivity contribution is -0.974. The minimum absolute atomic E-state index is 0.0310. The third-order valence-electron chi connectivity index (χ3n) is 2.85. The average Bonchev–Trinajstić information content (AvgIpc) is 2.12. The first-order chi connectivity index (χ1) is 6.48. The van der Waals surface area contributed by atoms with E-state index in [1.54, 1.807) is 0 Å². The van der Waals surface area contributed by atoms with Crippen molar-refractivity contribution in [2.24, 2.45) is 51.8 Å². The molecule has 0 aliphatic carbocycles. The Hall–Kier alpha value is -0.980. The van der Waals surface area contributed by atoms with Crippen LogP contribution in [-0.2, 0) is 0 Å². The molecular weight excluding hydrogens is 200 g/mol. The van der Waals surface area contributed by atoms with Gasteiger partial charge in [0, 0.05) is 0 Å². The zero-order valence-corrected chi connectivity index (χ0v) is 8.22. The first kappa shape index (κ1) is 12.1. The first-order valence-electron chi connectivity index (χ1n) is 4.11. The molecule has 0 aromatic heterocycles. The van der Waals surface area contributed by atoms with Crippen molar-refractivity contribution in [1.29, 1.82) is 0 Å². The SMILES string of the molecule is NC1=C(N)[N+](N)(N)C(N)(N)C(N)(N)C1N. The zero-order chi connectivity index (χ0) is 12.2. The summed E-state index contributed by atoms with van der Waals surface area (Å²) in [7, 11) is 0. The molecule has 0 saturated carbocycles. The number of quaternary nitrogens is 1. The van der Waals surface area contributed by atoms with Crippen LogP contribution < -0.4 is 51.8 Å².